The van der Waals surface area contributed by atoms with Crippen LogP contribution in [0.4, 0.5) is 28.2 Å². The maximum Gasteiger partial charge on any atom is 0.407 e. The second kappa shape index (κ2) is 16.1. The third kappa shape index (κ3) is 7.57. The molecule has 2 aromatic carbocycles. The third-order valence-electron chi connectivity index (χ3n) is 12.6. The Morgan fingerprint density at radius 1 is 1.06 bits per heavy atom. The van der Waals surface area contributed by atoms with Gasteiger partial charge in [-0.1, -0.05) is 19.9 Å². The van der Waals surface area contributed by atoms with E-state index in [1.165, 1.54) is 37.7 Å². The smallest absolute Gasteiger partial charge is 0.407 e. The Bertz CT molecular complexity index is 2600. The Morgan fingerprint density at radius 3 is 2.69 bits per heavy atom. The van der Waals surface area contributed by atoms with Crippen molar-refractivity contribution in [2.45, 2.75) is 88.6 Å². The Labute approximate surface area is 355 Å². The lowest BCUT2D eigenvalue weighted by Crippen LogP contribution is -2.60. The molecular formula is C45H47F4N7O6. The molecule has 3 fully saturated rings. The van der Waals surface area contributed by atoms with Crippen LogP contribution in [-0.4, -0.2) is 107 Å². The van der Waals surface area contributed by atoms with Crippen LogP contribution in [0.5, 0.6) is 17.6 Å². The number of carbonyl (C=O) groups is 2. The third-order valence-corrected chi connectivity index (χ3v) is 12.6. The maximum atomic E-state index is 17.7. The number of methoxy groups -OCH3 is 1. The number of ether oxygens (including phenoxy) is 4. The highest BCUT2D eigenvalue weighted by molar-refractivity contribution is 6.03. The minimum absolute atomic E-state index is 0.0000399. The summed E-state index contributed by atoms with van der Waals surface area (Å²) in [7, 11) is 1.39. The molecule has 8 heterocycles. The number of anilines is 1. The van der Waals surface area contributed by atoms with E-state index in [1.807, 2.05) is 13.8 Å². The van der Waals surface area contributed by atoms with Crippen LogP contribution in [0, 0.1) is 11.6 Å². The van der Waals surface area contributed by atoms with Gasteiger partial charge in [0.05, 0.1) is 36.7 Å². The largest absolute Gasteiger partial charge is 0.480 e. The molecule has 5 aliphatic rings. The topological polar surface area (TPSA) is 141 Å². The number of carbonyl (C=O) groups excluding carboxylic acids is 2. The van der Waals surface area contributed by atoms with Crippen LogP contribution >= 0.6 is 0 Å². The van der Waals surface area contributed by atoms with E-state index in [0.29, 0.717) is 17.4 Å². The monoisotopic (exact) mass is 857 g/mol. The second-order valence-corrected chi connectivity index (χ2v) is 17.4. The molecule has 1 N–H and O–H groups in total. The number of esters is 1. The predicted octanol–water partition coefficient (Wildman–Crippen LogP) is 7.80. The number of pyridine rings is 2. The molecule has 6 bridgehead atoms. The van der Waals surface area contributed by atoms with Crippen molar-refractivity contribution in [2.24, 2.45) is 0 Å². The first-order valence-corrected chi connectivity index (χ1v) is 21.0. The van der Waals surface area contributed by atoms with Crippen LogP contribution in [0.2, 0.25) is 0 Å². The van der Waals surface area contributed by atoms with Crippen molar-refractivity contribution in [1.29, 1.82) is 0 Å². The van der Waals surface area contributed by atoms with Gasteiger partial charge in [0.15, 0.2) is 5.82 Å². The van der Waals surface area contributed by atoms with Crippen molar-refractivity contribution >= 4 is 39.6 Å². The molecule has 0 aliphatic carbocycles. The summed E-state index contributed by atoms with van der Waals surface area (Å²) >= 11 is 0. The molecule has 0 unspecified atom stereocenters. The summed E-state index contributed by atoms with van der Waals surface area (Å²) in [6.45, 7) is 6.36. The molecule has 1 amide bonds. The number of aromatic nitrogens is 4. The Hall–Kier alpha value is -5.84. The molecule has 0 radical (unpaired) electrons. The molecule has 13 nitrogen and oxygen atoms in total. The number of nitrogens with one attached hydrogen (secondary N) is 1. The highest BCUT2D eigenvalue weighted by Gasteiger charge is 2.49. The number of amides is 1. The molecule has 3 aromatic heterocycles. The molecule has 0 spiro atoms. The number of hydrogen-bond donors (Lipinski definition) is 1. The average Bonchev–Trinajstić information content (AvgIpc) is 3.76. The van der Waals surface area contributed by atoms with E-state index in [-0.39, 0.29) is 127 Å². The van der Waals surface area contributed by atoms with Crippen LogP contribution in [0.25, 0.3) is 32.9 Å². The van der Waals surface area contributed by atoms with Crippen molar-refractivity contribution in [3.63, 3.8) is 0 Å². The van der Waals surface area contributed by atoms with Crippen LogP contribution in [0.3, 0.4) is 0 Å². The zero-order valence-corrected chi connectivity index (χ0v) is 34.9. The van der Waals surface area contributed by atoms with Gasteiger partial charge in [-0.25, -0.2) is 32.1 Å². The summed E-state index contributed by atoms with van der Waals surface area (Å²) in [5.74, 6) is -2.23. The number of hydrogen-bond acceptors (Lipinski definition) is 12. The van der Waals surface area contributed by atoms with Crippen molar-refractivity contribution in [2.75, 3.05) is 51.4 Å². The Kier molecular flexibility index (Phi) is 10.8. The fourth-order valence-corrected chi connectivity index (χ4v) is 9.89. The predicted molar refractivity (Wildman–Crippen MR) is 222 cm³/mol. The van der Waals surface area contributed by atoms with Gasteiger partial charge in [-0.2, -0.15) is 9.97 Å². The molecule has 3 saturated heterocycles. The molecule has 17 heteroatoms. The Morgan fingerprint density at radius 2 is 1.89 bits per heavy atom. The number of alkyl carbamates (subject to hydrolysis) is 1. The van der Waals surface area contributed by atoms with Gasteiger partial charge in [-0.05, 0) is 91.2 Å². The van der Waals surface area contributed by atoms with Crippen LogP contribution < -0.4 is 24.4 Å². The van der Waals surface area contributed by atoms with E-state index in [4.69, 9.17) is 23.9 Å². The first kappa shape index (κ1) is 41.5. The number of halogens is 4. The van der Waals surface area contributed by atoms with Gasteiger partial charge in [0.2, 0.25) is 5.88 Å². The fourth-order valence-electron chi connectivity index (χ4n) is 9.89. The quantitative estimate of drug-likeness (QED) is 0.0970. The molecule has 326 valence electrons. The summed E-state index contributed by atoms with van der Waals surface area (Å²) < 4.78 is 87.5. The highest BCUT2D eigenvalue weighted by atomic mass is 19.1. The lowest BCUT2D eigenvalue weighted by Gasteiger charge is -2.42. The van der Waals surface area contributed by atoms with Crippen LogP contribution in [0.1, 0.15) is 80.3 Å². The standard InChI is InChI=1S/C45H47F4N7O6/c1-24(2)29-10-12-50-40(59-4)35(29)41(57)62-28-15-25-8-9-33(48)30-7-5-14-60-43(58)54-44(3)17-26(46)20-55(22-44)39-32-19-51-37(31(16-28)34(25)30)36(49)38(32)52-42(53-39)61-23-45-11-6-13-56(45)21-27(47)18-45/h8-10,12,15-16,19,24,26-27H,5-7,11,13-14,17-18,20-23H2,1-4H3,(H,54,58)/t26-,27-,44-,45+/m1/s1. The maximum absolute atomic E-state index is 17.7. The molecular weight excluding hydrogens is 811 g/mol. The highest BCUT2D eigenvalue weighted by Crippen LogP contribution is 2.43. The van der Waals surface area contributed by atoms with E-state index in [1.54, 1.807) is 24.0 Å². The van der Waals surface area contributed by atoms with Crippen molar-refractivity contribution in [3.8, 4) is 28.9 Å². The average molecular weight is 858 g/mol. The number of benzene rings is 2. The van der Waals surface area contributed by atoms with Gasteiger partial charge in [0.25, 0.3) is 0 Å². The number of rotatable bonds is 7. The first-order valence-electron chi connectivity index (χ1n) is 21.0. The van der Waals surface area contributed by atoms with Crippen molar-refractivity contribution < 1.29 is 46.1 Å². The fraction of sp³-hybridized carbons (Fsp3) is 0.467. The molecule has 4 atom stereocenters. The van der Waals surface area contributed by atoms with E-state index in [2.05, 4.69) is 25.2 Å². The number of alkyl halides is 2. The zero-order chi connectivity index (χ0) is 43.5. The number of aryl methyl sites for hydroxylation is 1. The summed E-state index contributed by atoms with van der Waals surface area (Å²) in [6.07, 6.45) is 1.70. The van der Waals surface area contributed by atoms with Gasteiger partial charge >= 0.3 is 18.1 Å². The van der Waals surface area contributed by atoms with E-state index in [0.717, 1.165) is 13.0 Å². The Balaban J connectivity index is 1.23. The lowest BCUT2D eigenvalue weighted by atomic mass is 9.90. The van der Waals surface area contributed by atoms with Gasteiger partial charge in [0, 0.05) is 43.9 Å². The second-order valence-electron chi connectivity index (χ2n) is 17.4. The number of nitrogens with zero attached hydrogens (tertiary/aromatic N) is 6. The van der Waals surface area contributed by atoms with Crippen molar-refractivity contribution in [1.82, 2.24) is 30.2 Å². The molecule has 5 aromatic rings. The summed E-state index contributed by atoms with van der Waals surface area (Å²) in [5.41, 5.74) is -1.18. The summed E-state index contributed by atoms with van der Waals surface area (Å²) in [6, 6.07) is 7.21. The molecule has 10 rings (SSSR count). The van der Waals surface area contributed by atoms with Crippen molar-refractivity contribution in [3.05, 3.63) is 71.1 Å². The molecule has 5 aliphatic heterocycles. The number of piperidine rings is 1. The van der Waals surface area contributed by atoms with Gasteiger partial charge < -0.3 is 29.2 Å². The van der Waals surface area contributed by atoms with E-state index < -0.39 is 47.1 Å². The minimum atomic E-state index is -1.44. The number of fused-ring (bicyclic) bond motifs is 7. The van der Waals surface area contributed by atoms with Gasteiger partial charge in [-0.3, -0.25) is 9.88 Å². The lowest BCUT2D eigenvalue weighted by molar-refractivity contribution is 0.0728. The van der Waals surface area contributed by atoms with Gasteiger partial charge in [-0.15, -0.1) is 0 Å². The zero-order valence-electron chi connectivity index (χ0n) is 34.9. The van der Waals surface area contributed by atoms with E-state index >= 15 is 13.2 Å². The SMILES string of the molecule is COc1nccc(C(C)C)c1C(=O)Oc1cc2c3c(c(F)ccc3c1)CCCOC(=O)N[C@]1(C)C[C@@H](F)CN(C1)c1nc(OC[C@@]34CCCN3C[C@H](F)C4)nc3c(F)c-2ncc13. The normalized spacial score (nSPS) is 24.0. The first-order chi connectivity index (χ1) is 29.7. The van der Waals surface area contributed by atoms with E-state index in [9.17, 15) is 14.0 Å². The van der Waals surface area contributed by atoms with Crippen LogP contribution in [0.15, 0.2) is 42.7 Å². The molecule has 0 saturated carbocycles. The summed E-state index contributed by atoms with van der Waals surface area (Å²) in [5, 5.41) is 3.62. The summed E-state index contributed by atoms with van der Waals surface area (Å²) in [4.78, 5) is 49.0. The minimum Gasteiger partial charge on any atom is -0.480 e. The molecule has 62 heavy (non-hydrogen) atoms. The van der Waals surface area contributed by atoms with Gasteiger partial charge in [0.1, 0.15) is 53.1 Å². The van der Waals surface area contributed by atoms with Crippen LogP contribution in [-0.2, 0) is 11.2 Å².